The Hall–Kier alpha value is -0.800. The van der Waals surface area contributed by atoms with E-state index in [1.54, 1.807) is 0 Å². The summed E-state index contributed by atoms with van der Waals surface area (Å²) in [6, 6.07) is 4.22. The minimum absolute atomic E-state index is 0.353. The second-order valence-corrected chi connectivity index (χ2v) is 5.31. The SMILES string of the molecule is C=CN(C[C@@H]1CCO1)c1c(C)ccc(Br)c1C. The van der Waals surface area contributed by atoms with Crippen molar-refractivity contribution < 1.29 is 4.74 Å². The van der Waals surface area contributed by atoms with E-state index in [0.717, 1.165) is 24.0 Å². The molecule has 1 atom stereocenters. The van der Waals surface area contributed by atoms with Crippen LogP contribution in [0.4, 0.5) is 5.69 Å². The third kappa shape index (κ3) is 2.55. The van der Waals surface area contributed by atoms with E-state index in [2.05, 4.69) is 53.4 Å². The summed E-state index contributed by atoms with van der Waals surface area (Å²) in [7, 11) is 0. The standard InChI is InChI=1S/C14H18BrNO/c1-4-16(9-12-7-8-17-12)14-10(2)5-6-13(15)11(14)3/h4-6,12H,1,7-9H2,2-3H3/t12-/m0/s1. The van der Waals surface area contributed by atoms with Gasteiger partial charge in [0.05, 0.1) is 6.10 Å². The first-order chi connectivity index (χ1) is 8.13. The highest BCUT2D eigenvalue weighted by molar-refractivity contribution is 9.10. The summed E-state index contributed by atoms with van der Waals surface area (Å²) in [6.45, 7) is 9.96. The maximum atomic E-state index is 5.49. The quantitative estimate of drug-likeness (QED) is 0.838. The molecule has 0 aromatic heterocycles. The molecular formula is C14H18BrNO. The van der Waals surface area contributed by atoms with Gasteiger partial charge in [-0.2, -0.15) is 0 Å². The molecule has 2 nitrogen and oxygen atoms in total. The van der Waals surface area contributed by atoms with Gasteiger partial charge in [-0.05, 0) is 43.7 Å². The molecule has 1 aromatic carbocycles. The predicted octanol–water partition coefficient (Wildman–Crippen LogP) is 3.80. The van der Waals surface area contributed by atoms with Gasteiger partial charge in [0.2, 0.25) is 0 Å². The monoisotopic (exact) mass is 295 g/mol. The van der Waals surface area contributed by atoms with E-state index in [-0.39, 0.29) is 0 Å². The Bertz CT molecular complexity index is 426. The number of benzene rings is 1. The van der Waals surface area contributed by atoms with Crippen LogP contribution < -0.4 is 4.90 Å². The van der Waals surface area contributed by atoms with Crippen molar-refractivity contribution in [3.8, 4) is 0 Å². The van der Waals surface area contributed by atoms with Crippen LogP contribution in [0.2, 0.25) is 0 Å². The van der Waals surface area contributed by atoms with Crippen molar-refractivity contribution in [2.45, 2.75) is 26.4 Å². The number of aryl methyl sites for hydroxylation is 1. The molecule has 17 heavy (non-hydrogen) atoms. The third-order valence-corrected chi connectivity index (χ3v) is 4.13. The van der Waals surface area contributed by atoms with Gasteiger partial charge in [-0.3, -0.25) is 0 Å². The Balaban J connectivity index is 2.28. The Kier molecular flexibility index (Phi) is 3.89. The predicted molar refractivity (Wildman–Crippen MR) is 75.5 cm³/mol. The molecule has 1 aromatic rings. The smallest absolute Gasteiger partial charge is 0.0775 e. The number of anilines is 1. The van der Waals surface area contributed by atoms with Crippen LogP contribution in [0.15, 0.2) is 29.4 Å². The second-order valence-electron chi connectivity index (χ2n) is 4.45. The highest BCUT2D eigenvalue weighted by Crippen LogP contribution is 2.31. The zero-order valence-electron chi connectivity index (χ0n) is 10.4. The zero-order valence-corrected chi connectivity index (χ0v) is 12.0. The lowest BCUT2D eigenvalue weighted by molar-refractivity contribution is -0.0435. The average molecular weight is 296 g/mol. The fourth-order valence-electron chi connectivity index (χ4n) is 2.16. The van der Waals surface area contributed by atoms with Crippen molar-refractivity contribution in [2.75, 3.05) is 18.1 Å². The first-order valence-electron chi connectivity index (χ1n) is 5.90. The van der Waals surface area contributed by atoms with E-state index < -0.39 is 0 Å². The van der Waals surface area contributed by atoms with Crippen molar-refractivity contribution >= 4 is 21.6 Å². The Labute approximate surface area is 111 Å². The number of hydrogen-bond acceptors (Lipinski definition) is 2. The third-order valence-electron chi connectivity index (χ3n) is 3.27. The number of ether oxygens (including phenoxy) is 1. The van der Waals surface area contributed by atoms with Crippen LogP contribution in [0.5, 0.6) is 0 Å². The number of hydrogen-bond donors (Lipinski definition) is 0. The van der Waals surface area contributed by atoms with Gasteiger partial charge in [-0.1, -0.05) is 28.6 Å². The van der Waals surface area contributed by atoms with Crippen molar-refractivity contribution in [1.29, 1.82) is 0 Å². The molecule has 0 radical (unpaired) electrons. The minimum Gasteiger partial charge on any atom is -0.376 e. The summed E-state index contributed by atoms with van der Waals surface area (Å²) < 4.78 is 6.63. The van der Waals surface area contributed by atoms with Gasteiger partial charge >= 0.3 is 0 Å². The van der Waals surface area contributed by atoms with Crippen molar-refractivity contribution in [3.63, 3.8) is 0 Å². The van der Waals surface area contributed by atoms with Gasteiger partial charge in [0.25, 0.3) is 0 Å². The molecule has 92 valence electrons. The minimum atomic E-state index is 0.353. The molecule has 1 fully saturated rings. The van der Waals surface area contributed by atoms with Crippen LogP contribution in [-0.4, -0.2) is 19.3 Å². The largest absolute Gasteiger partial charge is 0.376 e. The normalized spacial score (nSPS) is 18.6. The lowest BCUT2D eigenvalue weighted by atomic mass is 10.1. The molecule has 2 rings (SSSR count). The average Bonchev–Trinajstić information content (AvgIpc) is 2.26. The molecule has 0 saturated carbocycles. The molecule has 1 aliphatic heterocycles. The maximum absolute atomic E-state index is 5.49. The van der Waals surface area contributed by atoms with E-state index in [1.165, 1.54) is 16.8 Å². The lowest BCUT2D eigenvalue weighted by Gasteiger charge is -2.33. The van der Waals surface area contributed by atoms with E-state index in [9.17, 15) is 0 Å². The van der Waals surface area contributed by atoms with E-state index in [0.29, 0.717) is 6.10 Å². The van der Waals surface area contributed by atoms with Gasteiger partial charge in [-0.15, -0.1) is 0 Å². The fourth-order valence-corrected chi connectivity index (χ4v) is 2.48. The Morgan fingerprint density at radius 1 is 1.53 bits per heavy atom. The second kappa shape index (κ2) is 5.23. The summed E-state index contributed by atoms with van der Waals surface area (Å²) in [5, 5.41) is 0. The van der Waals surface area contributed by atoms with Crippen molar-refractivity contribution in [3.05, 3.63) is 40.5 Å². The van der Waals surface area contributed by atoms with Gasteiger partial charge in [-0.25, -0.2) is 0 Å². The van der Waals surface area contributed by atoms with Gasteiger partial charge in [0, 0.05) is 23.3 Å². The molecule has 1 aliphatic rings. The Morgan fingerprint density at radius 2 is 2.24 bits per heavy atom. The molecule has 1 heterocycles. The van der Waals surface area contributed by atoms with Crippen LogP contribution >= 0.6 is 15.9 Å². The number of rotatable bonds is 4. The summed E-state index contributed by atoms with van der Waals surface area (Å²) in [5.74, 6) is 0. The molecule has 0 spiro atoms. The van der Waals surface area contributed by atoms with Crippen LogP contribution in [0.25, 0.3) is 0 Å². The molecule has 0 amide bonds. The first-order valence-corrected chi connectivity index (χ1v) is 6.69. The van der Waals surface area contributed by atoms with Crippen molar-refractivity contribution in [1.82, 2.24) is 0 Å². The number of halogens is 1. The molecule has 1 saturated heterocycles. The summed E-state index contributed by atoms with van der Waals surface area (Å²) in [5.41, 5.74) is 3.76. The highest BCUT2D eigenvalue weighted by Gasteiger charge is 2.22. The van der Waals surface area contributed by atoms with Crippen LogP contribution in [-0.2, 0) is 4.74 Å². The van der Waals surface area contributed by atoms with Gasteiger partial charge in [0.15, 0.2) is 0 Å². The number of nitrogens with zero attached hydrogens (tertiary/aromatic N) is 1. The van der Waals surface area contributed by atoms with E-state index in [1.807, 2.05) is 6.20 Å². The maximum Gasteiger partial charge on any atom is 0.0775 e. The van der Waals surface area contributed by atoms with Gasteiger partial charge in [0.1, 0.15) is 0 Å². The highest BCUT2D eigenvalue weighted by atomic mass is 79.9. The molecular weight excluding hydrogens is 278 g/mol. The molecule has 0 N–H and O–H groups in total. The summed E-state index contributed by atoms with van der Waals surface area (Å²) >= 11 is 3.58. The van der Waals surface area contributed by atoms with Crippen LogP contribution in [0, 0.1) is 13.8 Å². The lowest BCUT2D eigenvalue weighted by Crippen LogP contribution is -2.38. The van der Waals surface area contributed by atoms with E-state index in [4.69, 9.17) is 4.74 Å². The van der Waals surface area contributed by atoms with Gasteiger partial charge < -0.3 is 9.64 Å². The topological polar surface area (TPSA) is 12.5 Å². The molecule has 3 heteroatoms. The van der Waals surface area contributed by atoms with Crippen LogP contribution in [0.1, 0.15) is 17.5 Å². The zero-order chi connectivity index (χ0) is 12.4. The Morgan fingerprint density at radius 3 is 2.76 bits per heavy atom. The molecule has 0 aliphatic carbocycles. The van der Waals surface area contributed by atoms with Crippen LogP contribution in [0.3, 0.4) is 0 Å². The fraction of sp³-hybridized carbons (Fsp3) is 0.429. The summed E-state index contributed by atoms with van der Waals surface area (Å²) in [6.07, 6.45) is 3.39. The summed E-state index contributed by atoms with van der Waals surface area (Å²) in [4.78, 5) is 2.19. The van der Waals surface area contributed by atoms with Crippen molar-refractivity contribution in [2.24, 2.45) is 0 Å². The molecule has 0 unspecified atom stereocenters. The molecule has 0 bridgehead atoms. The van der Waals surface area contributed by atoms with E-state index >= 15 is 0 Å². The first kappa shape index (κ1) is 12.7.